The van der Waals surface area contributed by atoms with Gasteiger partial charge in [-0.05, 0) is 48.4 Å². The van der Waals surface area contributed by atoms with Crippen LogP contribution in [0.2, 0.25) is 0 Å². The number of hydrogen-bond acceptors (Lipinski definition) is 2. The summed E-state index contributed by atoms with van der Waals surface area (Å²) >= 11 is 0. The number of ether oxygens (including phenoxy) is 1. The fourth-order valence-electron chi connectivity index (χ4n) is 2.91. The average molecular weight is 280 g/mol. The third-order valence-electron chi connectivity index (χ3n) is 4.15. The number of rotatable bonds is 3. The Morgan fingerprint density at radius 1 is 0.952 bits per heavy atom. The van der Waals surface area contributed by atoms with Crippen LogP contribution in [0.15, 0.2) is 54.6 Å². The molecule has 0 bridgehead atoms. The summed E-state index contributed by atoms with van der Waals surface area (Å²) in [4.78, 5) is 12.1. The fraction of sp³-hybridized carbons (Fsp3) is 0.316. The molecule has 2 aromatic rings. The first-order valence-electron chi connectivity index (χ1n) is 7.59. The molecule has 2 unspecified atom stereocenters. The highest BCUT2D eigenvalue weighted by molar-refractivity contribution is 5.90. The molecule has 1 aliphatic carbocycles. The molecule has 2 atom stereocenters. The molecule has 0 radical (unpaired) electrons. The molecular formula is C19H20O2. The molecule has 108 valence electrons. The number of esters is 1. The van der Waals surface area contributed by atoms with Gasteiger partial charge in [0, 0.05) is 0 Å². The van der Waals surface area contributed by atoms with Gasteiger partial charge in [-0.25, -0.2) is 4.79 Å². The van der Waals surface area contributed by atoms with Gasteiger partial charge in [-0.3, -0.25) is 0 Å². The Kier molecular flexibility index (Phi) is 4.05. The minimum atomic E-state index is -0.200. The van der Waals surface area contributed by atoms with Gasteiger partial charge in [0.15, 0.2) is 0 Å². The second-order valence-corrected chi connectivity index (χ2v) is 5.89. The van der Waals surface area contributed by atoms with Crippen LogP contribution in [-0.2, 0) is 4.74 Å². The molecule has 21 heavy (non-hydrogen) atoms. The third kappa shape index (κ3) is 3.33. The van der Waals surface area contributed by atoms with Crippen LogP contribution < -0.4 is 0 Å². The van der Waals surface area contributed by atoms with Gasteiger partial charge in [0.05, 0.1) is 5.56 Å². The zero-order valence-corrected chi connectivity index (χ0v) is 12.3. The van der Waals surface area contributed by atoms with Gasteiger partial charge in [-0.1, -0.05) is 49.4 Å². The van der Waals surface area contributed by atoms with E-state index in [-0.39, 0.29) is 12.1 Å². The normalized spacial score (nSPS) is 21.2. The maximum Gasteiger partial charge on any atom is 0.338 e. The molecule has 1 saturated carbocycles. The van der Waals surface area contributed by atoms with Gasteiger partial charge in [-0.15, -0.1) is 0 Å². The summed E-state index contributed by atoms with van der Waals surface area (Å²) in [7, 11) is 0. The molecule has 3 rings (SSSR count). The summed E-state index contributed by atoms with van der Waals surface area (Å²) in [5.41, 5.74) is 2.90. The molecular weight excluding hydrogens is 260 g/mol. The molecule has 2 heteroatoms. The van der Waals surface area contributed by atoms with Gasteiger partial charge in [0.1, 0.15) is 6.10 Å². The number of hydrogen-bond donors (Lipinski definition) is 0. The molecule has 0 aromatic heterocycles. The molecule has 0 saturated heterocycles. The first-order valence-corrected chi connectivity index (χ1v) is 7.59. The van der Waals surface area contributed by atoms with Crippen LogP contribution in [0.1, 0.15) is 36.5 Å². The lowest BCUT2D eigenvalue weighted by molar-refractivity contribution is 0.0311. The van der Waals surface area contributed by atoms with Gasteiger partial charge in [0.2, 0.25) is 0 Å². The second-order valence-electron chi connectivity index (χ2n) is 5.89. The quantitative estimate of drug-likeness (QED) is 0.762. The van der Waals surface area contributed by atoms with E-state index in [9.17, 15) is 4.79 Å². The molecule has 0 amide bonds. The van der Waals surface area contributed by atoms with E-state index in [0.717, 1.165) is 30.4 Å². The molecule has 1 fully saturated rings. The maximum atomic E-state index is 12.1. The average Bonchev–Trinajstić information content (AvgIpc) is 2.93. The Balaban J connectivity index is 1.68. The summed E-state index contributed by atoms with van der Waals surface area (Å²) in [6, 6.07) is 17.8. The lowest BCUT2D eigenvalue weighted by atomic mass is 10.0. The van der Waals surface area contributed by atoms with Crippen molar-refractivity contribution in [2.45, 2.75) is 32.3 Å². The summed E-state index contributed by atoms with van der Waals surface area (Å²) in [6.45, 7) is 2.21. The van der Waals surface area contributed by atoms with E-state index < -0.39 is 0 Å². The van der Waals surface area contributed by atoms with Crippen LogP contribution in [0.25, 0.3) is 11.1 Å². The summed E-state index contributed by atoms with van der Waals surface area (Å²) in [6.07, 6.45) is 3.24. The Hall–Kier alpha value is -2.09. The molecule has 0 N–H and O–H groups in total. The van der Waals surface area contributed by atoms with E-state index in [0.29, 0.717) is 11.5 Å². The maximum absolute atomic E-state index is 12.1. The third-order valence-corrected chi connectivity index (χ3v) is 4.15. The van der Waals surface area contributed by atoms with E-state index in [1.165, 1.54) is 0 Å². The van der Waals surface area contributed by atoms with E-state index in [1.54, 1.807) is 0 Å². The zero-order chi connectivity index (χ0) is 14.7. The van der Waals surface area contributed by atoms with E-state index >= 15 is 0 Å². The first-order chi connectivity index (χ1) is 10.2. The van der Waals surface area contributed by atoms with Crippen LogP contribution in [0.3, 0.4) is 0 Å². The molecule has 0 aliphatic heterocycles. The molecule has 0 heterocycles. The Labute approximate surface area is 125 Å². The molecule has 1 aliphatic rings. The second kappa shape index (κ2) is 6.13. The molecule has 2 aromatic carbocycles. The highest BCUT2D eigenvalue weighted by Gasteiger charge is 2.24. The highest BCUT2D eigenvalue weighted by Crippen LogP contribution is 2.28. The van der Waals surface area contributed by atoms with Crippen molar-refractivity contribution in [2.75, 3.05) is 0 Å². The van der Waals surface area contributed by atoms with Crippen molar-refractivity contribution in [3.63, 3.8) is 0 Å². The zero-order valence-electron chi connectivity index (χ0n) is 12.3. The number of carbonyl (C=O) groups excluding carboxylic acids is 1. The monoisotopic (exact) mass is 280 g/mol. The lowest BCUT2D eigenvalue weighted by Gasteiger charge is -2.12. The smallest absolute Gasteiger partial charge is 0.338 e. The predicted molar refractivity (Wildman–Crippen MR) is 84.1 cm³/mol. The lowest BCUT2D eigenvalue weighted by Crippen LogP contribution is -2.15. The Morgan fingerprint density at radius 3 is 2.24 bits per heavy atom. The van der Waals surface area contributed by atoms with Crippen LogP contribution >= 0.6 is 0 Å². The Bertz CT molecular complexity index is 601. The van der Waals surface area contributed by atoms with Gasteiger partial charge in [-0.2, -0.15) is 0 Å². The summed E-state index contributed by atoms with van der Waals surface area (Å²) < 4.78 is 5.57. The van der Waals surface area contributed by atoms with Crippen molar-refractivity contribution < 1.29 is 9.53 Å². The summed E-state index contributed by atoms with van der Waals surface area (Å²) in [5.74, 6) is 0.469. The minimum absolute atomic E-state index is 0.0984. The van der Waals surface area contributed by atoms with Crippen molar-refractivity contribution in [1.82, 2.24) is 0 Å². The van der Waals surface area contributed by atoms with E-state index in [4.69, 9.17) is 4.74 Å². The van der Waals surface area contributed by atoms with Crippen molar-refractivity contribution in [3.05, 3.63) is 60.2 Å². The topological polar surface area (TPSA) is 26.3 Å². The predicted octanol–water partition coefficient (Wildman–Crippen LogP) is 4.70. The number of carbonyl (C=O) groups is 1. The van der Waals surface area contributed by atoms with E-state index in [1.807, 2.05) is 42.5 Å². The van der Waals surface area contributed by atoms with Gasteiger partial charge in [0.25, 0.3) is 0 Å². The highest BCUT2D eigenvalue weighted by atomic mass is 16.5. The molecule has 0 spiro atoms. The van der Waals surface area contributed by atoms with Crippen molar-refractivity contribution in [3.8, 4) is 11.1 Å². The Morgan fingerprint density at radius 2 is 1.62 bits per heavy atom. The van der Waals surface area contributed by atoms with Crippen molar-refractivity contribution >= 4 is 5.97 Å². The van der Waals surface area contributed by atoms with Gasteiger partial charge < -0.3 is 4.74 Å². The largest absolute Gasteiger partial charge is 0.459 e. The minimum Gasteiger partial charge on any atom is -0.459 e. The van der Waals surface area contributed by atoms with Crippen molar-refractivity contribution in [2.24, 2.45) is 5.92 Å². The van der Waals surface area contributed by atoms with Crippen LogP contribution in [0, 0.1) is 5.92 Å². The molecule has 2 nitrogen and oxygen atoms in total. The standard InChI is InChI=1S/C19H20O2/c1-14-7-12-18(13-14)21-19(20)17-10-8-16(9-11-17)15-5-3-2-4-6-15/h2-6,8-11,14,18H,7,12-13H2,1H3. The van der Waals surface area contributed by atoms with Gasteiger partial charge >= 0.3 is 5.97 Å². The van der Waals surface area contributed by atoms with Crippen LogP contribution in [-0.4, -0.2) is 12.1 Å². The van der Waals surface area contributed by atoms with Crippen molar-refractivity contribution in [1.29, 1.82) is 0 Å². The van der Waals surface area contributed by atoms with Crippen LogP contribution in [0.4, 0.5) is 0 Å². The van der Waals surface area contributed by atoms with Crippen LogP contribution in [0.5, 0.6) is 0 Å². The summed E-state index contributed by atoms with van der Waals surface area (Å²) in [5, 5.41) is 0. The SMILES string of the molecule is CC1CCC(OC(=O)c2ccc(-c3ccccc3)cc2)C1. The number of benzene rings is 2. The van der Waals surface area contributed by atoms with E-state index in [2.05, 4.69) is 19.1 Å². The first kappa shape index (κ1) is 13.9. The fourth-order valence-corrected chi connectivity index (χ4v) is 2.91.